The first-order valence-electron chi connectivity index (χ1n) is 14.6. The molecule has 188 valence electrons. The van der Waals surface area contributed by atoms with E-state index in [2.05, 4.69) is 13.8 Å². The van der Waals surface area contributed by atoms with E-state index in [0.29, 0.717) is 41.4 Å². The molecule has 0 heterocycles. The van der Waals surface area contributed by atoms with Gasteiger partial charge in [-0.05, 0) is 144 Å². The molecule has 34 heavy (non-hydrogen) atoms. The molecule has 8 aliphatic rings. The molecule has 8 atom stereocenters. The molecule has 0 aromatic carbocycles. The van der Waals surface area contributed by atoms with Crippen molar-refractivity contribution in [1.82, 2.24) is 0 Å². The van der Waals surface area contributed by atoms with E-state index >= 15 is 0 Å². The average Bonchev–Trinajstić information content (AvgIpc) is 3.56. The second-order valence-electron chi connectivity index (χ2n) is 14.6. The van der Waals surface area contributed by atoms with Crippen LogP contribution in [0, 0.1) is 70.5 Å². The summed E-state index contributed by atoms with van der Waals surface area (Å²) in [4.78, 5) is 26.6. The smallest absolute Gasteiger partial charge is 0.311 e. The minimum atomic E-state index is -0.406. The Morgan fingerprint density at radius 2 is 1.44 bits per heavy atom. The highest BCUT2D eigenvalue weighted by atomic mass is 16.6. The van der Waals surface area contributed by atoms with Crippen LogP contribution in [0.1, 0.15) is 91.9 Å². The Labute approximate surface area is 205 Å². The zero-order valence-electron chi connectivity index (χ0n) is 21.6. The van der Waals surface area contributed by atoms with E-state index in [0.717, 1.165) is 37.0 Å². The molecule has 8 rings (SSSR count). The van der Waals surface area contributed by atoms with Gasteiger partial charge in [-0.3, -0.25) is 9.59 Å². The van der Waals surface area contributed by atoms with E-state index in [-0.39, 0.29) is 29.6 Å². The summed E-state index contributed by atoms with van der Waals surface area (Å²) < 4.78 is 12.8. The summed E-state index contributed by atoms with van der Waals surface area (Å²) in [5, 5.41) is 0. The summed E-state index contributed by atoms with van der Waals surface area (Å²) in [6.07, 6.45) is 11.9. The lowest BCUT2D eigenvalue weighted by molar-refractivity contribution is -0.209. The van der Waals surface area contributed by atoms with Crippen molar-refractivity contribution >= 4 is 11.9 Å². The van der Waals surface area contributed by atoms with Crippen LogP contribution in [0.3, 0.4) is 0 Å². The van der Waals surface area contributed by atoms with Crippen molar-refractivity contribution in [3.63, 3.8) is 0 Å². The number of carbonyl (C=O) groups is 2. The molecule has 8 aliphatic carbocycles. The fourth-order valence-electron chi connectivity index (χ4n) is 11.0. The Morgan fingerprint density at radius 1 is 0.824 bits per heavy atom. The third kappa shape index (κ3) is 2.95. The van der Waals surface area contributed by atoms with E-state index in [4.69, 9.17) is 9.47 Å². The molecular formula is C30H44O4. The minimum Gasteiger partial charge on any atom is -0.462 e. The standard InChI is InChI=1S/C30H44O4/c1-5-29(2,3)28(32)33-24-14-18-13-23(24)26-21-11-17(25(18)26)12-22(21)27(31)34-30(4)19-7-15-6-16(9-19)10-20(30)8-15/h15-26H,5-14H2,1-4H3. The molecule has 4 heteroatoms. The van der Waals surface area contributed by atoms with Crippen molar-refractivity contribution in [3.05, 3.63) is 0 Å². The SMILES string of the molecule is CCC(C)(C)C(=O)OC1CC2CC1C1C3CC(CC3C(=O)OC3(C)C4CC5CC(C4)CC3C5)C21. The summed E-state index contributed by atoms with van der Waals surface area (Å²) in [7, 11) is 0. The summed E-state index contributed by atoms with van der Waals surface area (Å²) >= 11 is 0. The van der Waals surface area contributed by atoms with Crippen molar-refractivity contribution in [1.29, 1.82) is 0 Å². The van der Waals surface area contributed by atoms with Gasteiger partial charge in [0.15, 0.2) is 0 Å². The fraction of sp³-hybridized carbons (Fsp3) is 0.933. The second-order valence-corrected chi connectivity index (χ2v) is 14.6. The Balaban J connectivity index is 1.06. The van der Waals surface area contributed by atoms with Crippen molar-refractivity contribution < 1.29 is 19.1 Å². The van der Waals surface area contributed by atoms with Crippen molar-refractivity contribution in [2.45, 2.75) is 104 Å². The van der Waals surface area contributed by atoms with Gasteiger partial charge in [0.2, 0.25) is 0 Å². The maximum absolute atomic E-state index is 13.7. The largest absolute Gasteiger partial charge is 0.462 e. The van der Waals surface area contributed by atoms with Crippen molar-refractivity contribution in [2.75, 3.05) is 0 Å². The van der Waals surface area contributed by atoms with Crippen molar-refractivity contribution in [3.8, 4) is 0 Å². The van der Waals surface area contributed by atoms with Crippen LogP contribution in [0.2, 0.25) is 0 Å². The first-order chi connectivity index (χ1) is 16.2. The molecule has 0 aromatic rings. The fourth-order valence-corrected chi connectivity index (χ4v) is 11.0. The Kier molecular flexibility index (Phi) is 4.73. The first kappa shape index (κ1) is 22.2. The monoisotopic (exact) mass is 468 g/mol. The van der Waals surface area contributed by atoms with Crippen LogP contribution in [-0.2, 0) is 19.1 Å². The lowest BCUT2D eigenvalue weighted by atomic mass is 9.50. The predicted molar refractivity (Wildman–Crippen MR) is 128 cm³/mol. The third-order valence-electron chi connectivity index (χ3n) is 12.8. The van der Waals surface area contributed by atoms with E-state index in [1.54, 1.807) is 0 Å². The molecule has 0 saturated heterocycles. The molecule has 0 amide bonds. The molecule has 0 spiro atoms. The molecule has 0 N–H and O–H groups in total. The van der Waals surface area contributed by atoms with Crippen LogP contribution in [0.15, 0.2) is 0 Å². The second kappa shape index (κ2) is 7.25. The molecule has 8 fully saturated rings. The van der Waals surface area contributed by atoms with Gasteiger partial charge in [0.1, 0.15) is 11.7 Å². The van der Waals surface area contributed by atoms with Crippen LogP contribution < -0.4 is 0 Å². The maximum atomic E-state index is 13.7. The predicted octanol–water partition coefficient (Wildman–Crippen LogP) is 6.02. The highest BCUT2D eigenvalue weighted by molar-refractivity contribution is 5.76. The van der Waals surface area contributed by atoms with Crippen LogP contribution >= 0.6 is 0 Å². The quantitative estimate of drug-likeness (QED) is 0.366. The van der Waals surface area contributed by atoms with Gasteiger partial charge in [0.25, 0.3) is 0 Å². The lowest BCUT2D eigenvalue weighted by Crippen LogP contribution is -2.58. The van der Waals surface area contributed by atoms with Crippen LogP contribution in [0.4, 0.5) is 0 Å². The van der Waals surface area contributed by atoms with Gasteiger partial charge in [-0.25, -0.2) is 0 Å². The number of ether oxygens (including phenoxy) is 2. The maximum Gasteiger partial charge on any atom is 0.311 e. The summed E-state index contributed by atoms with van der Waals surface area (Å²) in [6.45, 7) is 8.35. The van der Waals surface area contributed by atoms with Crippen LogP contribution in [-0.4, -0.2) is 23.6 Å². The number of carbonyl (C=O) groups excluding carboxylic acids is 2. The normalized spacial score (nSPS) is 53.9. The summed E-state index contributed by atoms with van der Waals surface area (Å²) in [5.74, 6) is 6.81. The van der Waals surface area contributed by atoms with Gasteiger partial charge in [-0.15, -0.1) is 0 Å². The van der Waals surface area contributed by atoms with E-state index < -0.39 is 5.41 Å². The molecule has 0 aliphatic heterocycles. The number of hydrogen-bond donors (Lipinski definition) is 0. The van der Waals surface area contributed by atoms with E-state index in [1.807, 2.05) is 13.8 Å². The van der Waals surface area contributed by atoms with Gasteiger partial charge >= 0.3 is 11.9 Å². The van der Waals surface area contributed by atoms with Crippen LogP contribution in [0.5, 0.6) is 0 Å². The van der Waals surface area contributed by atoms with Gasteiger partial charge in [-0.1, -0.05) is 6.92 Å². The molecule has 0 radical (unpaired) electrons. The molecule has 8 unspecified atom stereocenters. The number of hydrogen-bond acceptors (Lipinski definition) is 4. The highest BCUT2D eigenvalue weighted by Gasteiger charge is 2.67. The number of esters is 2. The van der Waals surface area contributed by atoms with Gasteiger partial charge in [0, 0.05) is 0 Å². The van der Waals surface area contributed by atoms with Gasteiger partial charge < -0.3 is 9.47 Å². The lowest BCUT2D eigenvalue weighted by Gasteiger charge is -2.59. The Hall–Kier alpha value is -1.06. The van der Waals surface area contributed by atoms with Gasteiger partial charge in [0.05, 0.1) is 11.3 Å². The first-order valence-corrected chi connectivity index (χ1v) is 14.6. The average molecular weight is 469 g/mol. The van der Waals surface area contributed by atoms with Crippen molar-refractivity contribution in [2.24, 2.45) is 70.5 Å². The van der Waals surface area contributed by atoms with E-state index in [9.17, 15) is 9.59 Å². The summed E-state index contributed by atoms with van der Waals surface area (Å²) in [5.41, 5.74) is -0.624. The third-order valence-corrected chi connectivity index (χ3v) is 12.8. The highest BCUT2D eigenvalue weighted by Crippen LogP contribution is 2.69. The topological polar surface area (TPSA) is 52.6 Å². The molecule has 8 saturated carbocycles. The molecule has 0 aromatic heterocycles. The zero-order chi connectivity index (χ0) is 23.6. The molecular weight excluding hydrogens is 424 g/mol. The molecule has 8 bridgehead atoms. The Bertz CT molecular complexity index is 862. The van der Waals surface area contributed by atoms with Crippen LogP contribution in [0.25, 0.3) is 0 Å². The number of fused-ring (bicyclic) bond motifs is 9. The Morgan fingerprint density at radius 3 is 2.09 bits per heavy atom. The zero-order valence-corrected chi connectivity index (χ0v) is 21.6. The number of rotatable bonds is 5. The van der Waals surface area contributed by atoms with Gasteiger partial charge in [-0.2, -0.15) is 0 Å². The minimum absolute atomic E-state index is 0.0296. The summed E-state index contributed by atoms with van der Waals surface area (Å²) in [6, 6.07) is 0. The molecule has 4 nitrogen and oxygen atoms in total. The van der Waals surface area contributed by atoms with E-state index in [1.165, 1.54) is 44.9 Å².